The lowest BCUT2D eigenvalue weighted by molar-refractivity contribution is -0.0356. The second-order valence-electron chi connectivity index (χ2n) is 7.61. The van der Waals surface area contributed by atoms with Crippen LogP contribution in [0.3, 0.4) is 0 Å². The molecule has 1 saturated heterocycles. The van der Waals surface area contributed by atoms with Crippen molar-refractivity contribution in [3.05, 3.63) is 0 Å². The highest BCUT2D eigenvalue weighted by Crippen LogP contribution is 2.56. The van der Waals surface area contributed by atoms with E-state index in [4.69, 9.17) is 0 Å². The molecule has 4 aliphatic carbocycles. The zero-order valence-corrected chi connectivity index (χ0v) is 11.5. The molecule has 5 aliphatic rings. The number of hydrogen-bond donors (Lipinski definition) is 2. The van der Waals surface area contributed by atoms with Gasteiger partial charge < -0.3 is 10.6 Å². The predicted molar refractivity (Wildman–Crippen MR) is 74.4 cm³/mol. The lowest BCUT2D eigenvalue weighted by atomic mass is 9.52. The summed E-state index contributed by atoms with van der Waals surface area (Å²) in [7, 11) is 0. The zero-order chi connectivity index (χ0) is 11.9. The van der Waals surface area contributed by atoms with Crippen molar-refractivity contribution < 1.29 is 0 Å². The largest absolute Gasteiger partial charge is 0.316 e. The molecular weight excluding hydrogens is 220 g/mol. The monoisotopic (exact) mass is 248 g/mol. The van der Waals surface area contributed by atoms with E-state index in [0.717, 1.165) is 35.5 Å². The maximum atomic E-state index is 3.82. The third-order valence-corrected chi connectivity index (χ3v) is 6.40. The van der Waals surface area contributed by atoms with Gasteiger partial charge in [0, 0.05) is 0 Å². The van der Waals surface area contributed by atoms with Crippen LogP contribution in [0.2, 0.25) is 0 Å². The second-order valence-corrected chi connectivity index (χ2v) is 7.61. The highest BCUT2D eigenvalue weighted by molar-refractivity contribution is 4.98. The van der Waals surface area contributed by atoms with Crippen LogP contribution < -0.4 is 10.6 Å². The van der Waals surface area contributed by atoms with Gasteiger partial charge in [0.15, 0.2) is 0 Å². The summed E-state index contributed by atoms with van der Waals surface area (Å²) < 4.78 is 0. The molecule has 0 aromatic heterocycles. The van der Waals surface area contributed by atoms with E-state index in [0.29, 0.717) is 0 Å². The van der Waals surface area contributed by atoms with Crippen molar-refractivity contribution in [3.63, 3.8) is 0 Å². The van der Waals surface area contributed by atoms with Gasteiger partial charge in [-0.05, 0) is 100 Å². The molecule has 2 N–H and O–H groups in total. The maximum Gasteiger partial charge on any atom is -0.000778 e. The number of hydrogen-bond acceptors (Lipinski definition) is 2. The minimum absolute atomic E-state index is 0.904. The van der Waals surface area contributed by atoms with Crippen LogP contribution in [-0.4, -0.2) is 26.2 Å². The summed E-state index contributed by atoms with van der Waals surface area (Å²) in [4.78, 5) is 0. The average molecular weight is 248 g/mol. The van der Waals surface area contributed by atoms with E-state index < -0.39 is 0 Å². The highest BCUT2D eigenvalue weighted by Gasteiger charge is 2.47. The minimum Gasteiger partial charge on any atom is -0.316 e. The summed E-state index contributed by atoms with van der Waals surface area (Å²) in [6.45, 7) is 5.07. The lowest BCUT2D eigenvalue weighted by Crippen LogP contribution is -2.48. The Kier molecular flexibility index (Phi) is 3.12. The van der Waals surface area contributed by atoms with Gasteiger partial charge in [0.2, 0.25) is 0 Å². The van der Waals surface area contributed by atoms with Crippen molar-refractivity contribution in [1.82, 2.24) is 10.6 Å². The van der Waals surface area contributed by atoms with Gasteiger partial charge in [-0.15, -0.1) is 0 Å². The van der Waals surface area contributed by atoms with Gasteiger partial charge in [0.25, 0.3) is 0 Å². The molecule has 0 spiro atoms. The molecule has 1 aliphatic heterocycles. The van der Waals surface area contributed by atoms with Crippen molar-refractivity contribution in [2.24, 2.45) is 35.5 Å². The second kappa shape index (κ2) is 4.79. The van der Waals surface area contributed by atoms with E-state index in [1.807, 2.05) is 0 Å². The van der Waals surface area contributed by atoms with Crippen molar-refractivity contribution in [2.75, 3.05) is 26.2 Å². The van der Waals surface area contributed by atoms with Crippen LogP contribution in [0.5, 0.6) is 0 Å². The van der Waals surface area contributed by atoms with Crippen LogP contribution in [0, 0.1) is 35.5 Å². The molecule has 0 amide bonds. The molecule has 2 heteroatoms. The van der Waals surface area contributed by atoms with E-state index in [2.05, 4.69) is 10.6 Å². The first-order valence-electron chi connectivity index (χ1n) is 8.30. The standard InChI is InChI=1S/C16H28N2/c1-2-17-8-11(1)9-18-10-16-14-4-12-3-13(6-14)7-15(16)5-12/h11-18H,1-10H2. The highest BCUT2D eigenvalue weighted by atomic mass is 14.9. The molecule has 0 aromatic carbocycles. The van der Waals surface area contributed by atoms with E-state index in [9.17, 15) is 0 Å². The van der Waals surface area contributed by atoms with Crippen LogP contribution in [0.25, 0.3) is 0 Å². The van der Waals surface area contributed by atoms with Crippen molar-refractivity contribution in [3.8, 4) is 0 Å². The van der Waals surface area contributed by atoms with Gasteiger partial charge in [0.05, 0.1) is 0 Å². The molecule has 4 saturated carbocycles. The van der Waals surface area contributed by atoms with Crippen molar-refractivity contribution in [2.45, 2.75) is 38.5 Å². The molecule has 2 nitrogen and oxygen atoms in total. The summed E-state index contributed by atoms with van der Waals surface area (Å²) in [5.74, 6) is 6.38. The van der Waals surface area contributed by atoms with Gasteiger partial charge in [-0.1, -0.05) is 0 Å². The van der Waals surface area contributed by atoms with Crippen LogP contribution >= 0.6 is 0 Å². The topological polar surface area (TPSA) is 24.1 Å². The third kappa shape index (κ3) is 2.12. The number of rotatable bonds is 4. The molecule has 4 bridgehead atoms. The fourth-order valence-electron chi connectivity index (χ4n) is 5.71. The summed E-state index contributed by atoms with van der Waals surface area (Å²) in [6.07, 6.45) is 9.26. The molecule has 1 unspecified atom stereocenters. The molecular formula is C16H28N2. The first-order valence-corrected chi connectivity index (χ1v) is 8.30. The van der Waals surface area contributed by atoms with E-state index in [-0.39, 0.29) is 0 Å². The zero-order valence-electron chi connectivity index (χ0n) is 11.5. The van der Waals surface area contributed by atoms with E-state index in [1.165, 1.54) is 32.6 Å². The van der Waals surface area contributed by atoms with Crippen LogP contribution in [0.1, 0.15) is 38.5 Å². The quantitative estimate of drug-likeness (QED) is 0.797. The summed E-state index contributed by atoms with van der Waals surface area (Å²) in [6, 6.07) is 0. The summed E-state index contributed by atoms with van der Waals surface area (Å²) in [5, 5.41) is 7.29. The van der Waals surface area contributed by atoms with Crippen molar-refractivity contribution >= 4 is 0 Å². The van der Waals surface area contributed by atoms with Gasteiger partial charge >= 0.3 is 0 Å². The van der Waals surface area contributed by atoms with Gasteiger partial charge in [-0.3, -0.25) is 0 Å². The van der Waals surface area contributed by atoms with Gasteiger partial charge in [-0.2, -0.15) is 0 Å². The molecule has 102 valence electrons. The Morgan fingerprint density at radius 2 is 1.61 bits per heavy atom. The fourth-order valence-corrected chi connectivity index (χ4v) is 5.71. The van der Waals surface area contributed by atoms with Gasteiger partial charge in [0.1, 0.15) is 0 Å². The first kappa shape index (κ1) is 11.7. The lowest BCUT2D eigenvalue weighted by Gasteiger charge is -2.54. The molecule has 1 atom stereocenters. The Hall–Kier alpha value is -0.0800. The number of nitrogens with one attached hydrogen (secondary N) is 2. The van der Waals surface area contributed by atoms with Crippen LogP contribution in [0.15, 0.2) is 0 Å². The molecule has 0 radical (unpaired) electrons. The SMILES string of the molecule is C1CC(CNCC2C3CC4CC(C3)CC2C4)CN1. The Labute approximate surface area is 111 Å². The fraction of sp³-hybridized carbons (Fsp3) is 1.00. The molecule has 5 fully saturated rings. The van der Waals surface area contributed by atoms with Crippen LogP contribution in [0.4, 0.5) is 0 Å². The van der Waals surface area contributed by atoms with Gasteiger partial charge in [-0.25, -0.2) is 0 Å². The molecule has 5 rings (SSSR count). The molecule has 18 heavy (non-hydrogen) atoms. The Bertz CT molecular complexity index is 267. The Morgan fingerprint density at radius 3 is 2.22 bits per heavy atom. The predicted octanol–water partition coefficient (Wildman–Crippen LogP) is 2.26. The third-order valence-electron chi connectivity index (χ3n) is 6.40. The smallest absolute Gasteiger partial charge is 0.000778 e. The summed E-state index contributed by atoms with van der Waals surface area (Å²) >= 11 is 0. The van der Waals surface area contributed by atoms with Crippen LogP contribution in [-0.2, 0) is 0 Å². The Morgan fingerprint density at radius 1 is 0.889 bits per heavy atom. The Balaban J connectivity index is 1.29. The molecule has 0 aromatic rings. The minimum atomic E-state index is 0.904. The summed E-state index contributed by atoms with van der Waals surface area (Å²) in [5.41, 5.74) is 0. The maximum absolute atomic E-state index is 3.82. The van der Waals surface area contributed by atoms with E-state index >= 15 is 0 Å². The van der Waals surface area contributed by atoms with E-state index in [1.54, 1.807) is 32.1 Å². The first-order chi connectivity index (χ1) is 8.88. The average Bonchev–Trinajstić information content (AvgIpc) is 2.85. The normalized spacial score (nSPS) is 50.0. The molecule has 1 heterocycles. The van der Waals surface area contributed by atoms with Crippen molar-refractivity contribution in [1.29, 1.82) is 0 Å².